The first-order chi connectivity index (χ1) is 15.1. The number of carbonyl (C=O) groups excluding carboxylic acids is 1. The molecular weight excluding hydrogens is 388 g/mol. The zero-order valence-corrected chi connectivity index (χ0v) is 18.1. The number of aromatic nitrogens is 3. The van der Waals surface area contributed by atoms with Crippen LogP contribution in [-0.4, -0.2) is 28.0 Å². The molecule has 6 heteroatoms. The average Bonchev–Trinajstić information content (AvgIpc) is 3.20. The average molecular weight is 415 g/mol. The molecule has 0 unspecified atom stereocenters. The normalized spacial score (nSPS) is 10.9. The quantitative estimate of drug-likeness (QED) is 0.444. The molecule has 4 rings (SSSR count). The molecule has 1 amide bonds. The Morgan fingerprint density at radius 1 is 1.03 bits per heavy atom. The Kier molecular flexibility index (Phi) is 5.98. The van der Waals surface area contributed by atoms with Crippen molar-refractivity contribution in [1.82, 2.24) is 15.0 Å². The molecule has 0 saturated carbocycles. The maximum atomic E-state index is 12.7. The number of nitrogens with zero attached hydrogens (tertiary/aromatic N) is 3. The van der Waals surface area contributed by atoms with Crippen molar-refractivity contribution in [2.45, 2.75) is 33.1 Å². The molecule has 4 aromatic rings. The van der Waals surface area contributed by atoms with E-state index in [0.717, 1.165) is 28.7 Å². The van der Waals surface area contributed by atoms with Crippen LogP contribution in [-0.2, 0) is 6.42 Å². The number of ether oxygens (including phenoxy) is 1. The fourth-order valence-electron chi connectivity index (χ4n) is 3.45. The number of hydrogen-bond acceptors (Lipinski definition) is 4. The van der Waals surface area contributed by atoms with Gasteiger partial charge in [-0.05, 0) is 73.4 Å². The second-order valence-electron chi connectivity index (χ2n) is 7.60. The van der Waals surface area contributed by atoms with E-state index < -0.39 is 0 Å². The Morgan fingerprint density at radius 3 is 2.48 bits per heavy atom. The van der Waals surface area contributed by atoms with Crippen molar-refractivity contribution in [3.05, 3.63) is 77.4 Å². The zero-order chi connectivity index (χ0) is 21.8. The first-order valence-electron chi connectivity index (χ1n) is 10.5. The number of benzene rings is 3. The highest BCUT2D eigenvalue weighted by Gasteiger charge is 2.12. The minimum absolute atomic E-state index is 0.198. The van der Waals surface area contributed by atoms with Gasteiger partial charge in [-0.1, -0.05) is 31.5 Å². The van der Waals surface area contributed by atoms with Crippen molar-refractivity contribution in [2.75, 3.05) is 12.4 Å². The summed E-state index contributed by atoms with van der Waals surface area (Å²) < 4.78 is 5.21. The van der Waals surface area contributed by atoms with Gasteiger partial charge in [-0.25, -0.2) is 0 Å². The summed E-state index contributed by atoms with van der Waals surface area (Å²) in [6, 6.07) is 19.2. The summed E-state index contributed by atoms with van der Waals surface area (Å²) in [4.78, 5) is 14.3. The van der Waals surface area contributed by atoms with Crippen LogP contribution >= 0.6 is 0 Å². The number of aryl methyl sites for hydroxylation is 2. The highest BCUT2D eigenvalue weighted by molar-refractivity contribution is 6.05. The zero-order valence-electron chi connectivity index (χ0n) is 18.1. The maximum absolute atomic E-state index is 12.7. The van der Waals surface area contributed by atoms with Gasteiger partial charge in [0.15, 0.2) is 0 Å². The van der Waals surface area contributed by atoms with Crippen molar-refractivity contribution in [1.29, 1.82) is 0 Å². The van der Waals surface area contributed by atoms with E-state index in [-0.39, 0.29) is 5.91 Å². The number of carbonyl (C=O) groups is 1. The molecular formula is C25H26N4O2. The van der Waals surface area contributed by atoms with Crippen LogP contribution in [0.25, 0.3) is 16.7 Å². The molecule has 0 radical (unpaired) electrons. The smallest absolute Gasteiger partial charge is 0.255 e. The maximum Gasteiger partial charge on any atom is 0.255 e. The van der Waals surface area contributed by atoms with Crippen LogP contribution < -0.4 is 10.1 Å². The molecule has 3 aromatic carbocycles. The Morgan fingerprint density at radius 2 is 1.77 bits per heavy atom. The van der Waals surface area contributed by atoms with Crippen molar-refractivity contribution in [3.8, 4) is 11.4 Å². The molecule has 0 aliphatic carbocycles. The van der Waals surface area contributed by atoms with Gasteiger partial charge in [0, 0.05) is 11.3 Å². The molecule has 1 N–H and O–H groups in total. The Balaban J connectivity index is 1.58. The summed E-state index contributed by atoms with van der Waals surface area (Å²) in [7, 11) is 1.58. The lowest BCUT2D eigenvalue weighted by Gasteiger charge is -2.09. The highest BCUT2D eigenvalue weighted by atomic mass is 16.5. The third kappa shape index (κ3) is 4.58. The van der Waals surface area contributed by atoms with E-state index in [0.29, 0.717) is 17.0 Å². The third-order valence-electron chi connectivity index (χ3n) is 5.29. The van der Waals surface area contributed by atoms with E-state index in [1.807, 2.05) is 37.3 Å². The summed E-state index contributed by atoms with van der Waals surface area (Å²) in [6.45, 7) is 4.14. The molecule has 158 valence electrons. The van der Waals surface area contributed by atoms with Crippen LogP contribution in [0.1, 0.15) is 41.3 Å². The van der Waals surface area contributed by atoms with Gasteiger partial charge in [-0.15, -0.1) is 10.2 Å². The van der Waals surface area contributed by atoms with Crippen molar-refractivity contribution in [3.63, 3.8) is 0 Å². The predicted octanol–water partition coefficient (Wildman–Crippen LogP) is 5.33. The first-order valence-corrected chi connectivity index (χ1v) is 10.5. The topological polar surface area (TPSA) is 69.0 Å². The van der Waals surface area contributed by atoms with Crippen LogP contribution in [0.2, 0.25) is 0 Å². The van der Waals surface area contributed by atoms with Crippen LogP contribution in [0.4, 0.5) is 5.69 Å². The monoisotopic (exact) mass is 414 g/mol. The van der Waals surface area contributed by atoms with Gasteiger partial charge < -0.3 is 10.1 Å². The van der Waals surface area contributed by atoms with E-state index in [1.54, 1.807) is 30.1 Å². The fraction of sp³-hybridized carbons (Fsp3) is 0.240. The number of rotatable bonds is 7. The van der Waals surface area contributed by atoms with Gasteiger partial charge >= 0.3 is 0 Å². The van der Waals surface area contributed by atoms with E-state index in [9.17, 15) is 4.79 Å². The Hall–Kier alpha value is -3.67. The van der Waals surface area contributed by atoms with Gasteiger partial charge in [0.25, 0.3) is 5.91 Å². The molecule has 0 saturated heterocycles. The van der Waals surface area contributed by atoms with Gasteiger partial charge in [0.2, 0.25) is 0 Å². The van der Waals surface area contributed by atoms with Gasteiger partial charge in [-0.3, -0.25) is 4.79 Å². The third-order valence-corrected chi connectivity index (χ3v) is 5.29. The lowest BCUT2D eigenvalue weighted by Crippen LogP contribution is -2.12. The standard InChI is InChI=1S/C25H26N4O2/c1-4-5-7-18-10-12-20(13-11-18)29-27-23-14-17(2)22(16-24(23)28-29)26-25(30)19-8-6-9-21(15-19)31-3/h6,8-16H,4-5,7H2,1-3H3,(H,26,30). The lowest BCUT2D eigenvalue weighted by molar-refractivity contribution is 0.102. The van der Waals surface area contributed by atoms with Gasteiger partial charge in [0.1, 0.15) is 16.8 Å². The van der Waals surface area contributed by atoms with Crippen molar-refractivity contribution in [2.24, 2.45) is 0 Å². The van der Waals surface area contributed by atoms with Gasteiger partial charge in [-0.2, -0.15) is 4.80 Å². The number of unbranched alkanes of at least 4 members (excludes halogenated alkanes) is 1. The summed E-state index contributed by atoms with van der Waals surface area (Å²) in [5.41, 5.74) is 5.91. The summed E-state index contributed by atoms with van der Waals surface area (Å²) in [5, 5.41) is 12.2. The number of anilines is 1. The number of nitrogens with one attached hydrogen (secondary N) is 1. The molecule has 0 aliphatic rings. The summed E-state index contributed by atoms with van der Waals surface area (Å²) in [6.07, 6.45) is 3.46. The second kappa shape index (κ2) is 9.00. The largest absolute Gasteiger partial charge is 0.497 e. The number of methoxy groups -OCH3 is 1. The molecule has 0 bridgehead atoms. The second-order valence-corrected chi connectivity index (χ2v) is 7.60. The van der Waals surface area contributed by atoms with E-state index in [2.05, 4.69) is 34.6 Å². The SMILES string of the molecule is CCCCc1ccc(-n2nc3cc(C)c(NC(=O)c4cccc(OC)c4)cc3n2)cc1. The minimum Gasteiger partial charge on any atom is -0.497 e. The molecule has 6 nitrogen and oxygen atoms in total. The van der Waals surface area contributed by atoms with Crippen LogP contribution in [0.3, 0.4) is 0 Å². The highest BCUT2D eigenvalue weighted by Crippen LogP contribution is 2.23. The molecule has 0 spiro atoms. The number of hydrogen-bond donors (Lipinski definition) is 1. The Bertz CT molecular complexity index is 1210. The lowest BCUT2D eigenvalue weighted by atomic mass is 10.1. The minimum atomic E-state index is -0.198. The van der Waals surface area contributed by atoms with Crippen LogP contribution in [0.15, 0.2) is 60.7 Å². The Labute approximate surface area is 181 Å². The molecule has 0 atom stereocenters. The van der Waals surface area contributed by atoms with Crippen molar-refractivity contribution >= 4 is 22.6 Å². The van der Waals surface area contributed by atoms with E-state index >= 15 is 0 Å². The van der Waals surface area contributed by atoms with Crippen molar-refractivity contribution < 1.29 is 9.53 Å². The van der Waals surface area contributed by atoms with Crippen LogP contribution in [0.5, 0.6) is 5.75 Å². The van der Waals surface area contributed by atoms with Crippen LogP contribution in [0, 0.1) is 6.92 Å². The number of amides is 1. The fourth-order valence-corrected chi connectivity index (χ4v) is 3.45. The molecule has 1 aromatic heterocycles. The molecule has 31 heavy (non-hydrogen) atoms. The van der Waals surface area contributed by atoms with E-state index in [1.165, 1.54) is 18.4 Å². The molecule has 1 heterocycles. The van der Waals surface area contributed by atoms with Gasteiger partial charge in [0.05, 0.1) is 12.8 Å². The predicted molar refractivity (Wildman–Crippen MR) is 123 cm³/mol. The first kappa shape index (κ1) is 20.6. The van der Waals surface area contributed by atoms with E-state index in [4.69, 9.17) is 4.74 Å². The molecule has 0 aliphatic heterocycles. The molecule has 0 fully saturated rings. The number of fused-ring (bicyclic) bond motifs is 1. The summed E-state index contributed by atoms with van der Waals surface area (Å²) in [5.74, 6) is 0.444. The summed E-state index contributed by atoms with van der Waals surface area (Å²) >= 11 is 0.